The van der Waals surface area contributed by atoms with Crippen LogP contribution in [0.2, 0.25) is 0 Å². The molecule has 0 aromatic heterocycles. The highest BCUT2D eigenvalue weighted by atomic mass is 16.5. The Labute approximate surface area is 120 Å². The Balaban J connectivity index is 1.67. The number of amides is 1. The first-order chi connectivity index (χ1) is 9.56. The molecule has 2 aliphatic rings. The van der Waals surface area contributed by atoms with Gasteiger partial charge >= 0.3 is 5.97 Å². The smallest absolute Gasteiger partial charge is 0.306 e. The number of hydrogen-bond donors (Lipinski definition) is 2. The minimum atomic E-state index is -0.756. The van der Waals surface area contributed by atoms with Crippen LogP contribution in [0.1, 0.15) is 51.9 Å². The molecule has 4 atom stereocenters. The van der Waals surface area contributed by atoms with E-state index in [0.717, 1.165) is 12.8 Å². The fraction of sp³-hybridized carbons (Fsp3) is 0.867. The molecule has 0 heterocycles. The molecule has 2 N–H and O–H groups in total. The third kappa shape index (κ3) is 4.20. The lowest BCUT2D eigenvalue weighted by Crippen LogP contribution is -2.38. The summed E-state index contributed by atoms with van der Waals surface area (Å²) in [6.07, 6.45) is 6.80. The average molecular weight is 283 g/mol. The lowest BCUT2D eigenvalue weighted by molar-refractivity contribution is -0.141. The monoisotopic (exact) mass is 283 g/mol. The van der Waals surface area contributed by atoms with Crippen molar-refractivity contribution >= 4 is 11.9 Å². The van der Waals surface area contributed by atoms with E-state index in [2.05, 4.69) is 12.2 Å². The Morgan fingerprint density at radius 3 is 2.60 bits per heavy atom. The maximum Gasteiger partial charge on any atom is 0.306 e. The van der Waals surface area contributed by atoms with E-state index < -0.39 is 5.97 Å². The summed E-state index contributed by atoms with van der Waals surface area (Å²) in [6.45, 7) is 2.28. The van der Waals surface area contributed by atoms with Crippen molar-refractivity contribution in [2.75, 3.05) is 6.61 Å². The molecule has 114 valence electrons. The molecule has 2 fully saturated rings. The number of aliphatic carboxylic acids is 1. The fourth-order valence-corrected chi connectivity index (χ4v) is 3.32. The molecule has 20 heavy (non-hydrogen) atoms. The summed E-state index contributed by atoms with van der Waals surface area (Å²) in [5, 5.41) is 11.8. The Bertz CT molecular complexity index is 358. The van der Waals surface area contributed by atoms with Crippen molar-refractivity contribution in [3.05, 3.63) is 0 Å². The summed E-state index contributed by atoms with van der Waals surface area (Å²) in [4.78, 5) is 22.7. The quantitative estimate of drug-likeness (QED) is 0.808. The van der Waals surface area contributed by atoms with Gasteiger partial charge in [0, 0.05) is 6.04 Å². The molecular weight excluding hydrogens is 258 g/mol. The summed E-state index contributed by atoms with van der Waals surface area (Å²) >= 11 is 0. The van der Waals surface area contributed by atoms with E-state index in [1.807, 2.05) is 0 Å². The number of carboxylic acids is 1. The van der Waals surface area contributed by atoms with Crippen molar-refractivity contribution in [3.8, 4) is 0 Å². The zero-order valence-electron chi connectivity index (χ0n) is 12.1. The number of hydrogen-bond acceptors (Lipinski definition) is 3. The second-order valence-electron chi connectivity index (χ2n) is 6.22. The predicted molar refractivity (Wildman–Crippen MR) is 74.3 cm³/mol. The maximum atomic E-state index is 11.8. The molecule has 0 saturated heterocycles. The standard InChI is InChI=1S/C15H25NO4/c1-10-4-2-3-5-13(10)20-9-14(17)16-12-7-6-11(8-12)15(18)19/h10-13H,2-9H2,1H3,(H,16,17)(H,18,19)/t10?,11-,12+,13?/m0/s1. The summed E-state index contributed by atoms with van der Waals surface area (Å²) in [5.41, 5.74) is 0. The van der Waals surface area contributed by atoms with Gasteiger partial charge in [0.15, 0.2) is 0 Å². The lowest BCUT2D eigenvalue weighted by atomic mass is 9.88. The van der Waals surface area contributed by atoms with Crippen LogP contribution in [0, 0.1) is 11.8 Å². The van der Waals surface area contributed by atoms with Gasteiger partial charge in [0.25, 0.3) is 0 Å². The predicted octanol–water partition coefficient (Wildman–Crippen LogP) is 1.95. The van der Waals surface area contributed by atoms with Gasteiger partial charge in [0.05, 0.1) is 12.0 Å². The van der Waals surface area contributed by atoms with Crippen LogP contribution in [0.15, 0.2) is 0 Å². The van der Waals surface area contributed by atoms with E-state index in [1.165, 1.54) is 19.3 Å². The molecule has 2 rings (SSSR count). The van der Waals surface area contributed by atoms with Crippen LogP contribution in [0.3, 0.4) is 0 Å². The van der Waals surface area contributed by atoms with Crippen LogP contribution in [0.4, 0.5) is 0 Å². The molecule has 5 heteroatoms. The van der Waals surface area contributed by atoms with Crippen molar-refractivity contribution in [1.82, 2.24) is 5.32 Å². The molecule has 0 aliphatic heterocycles. The molecule has 0 bridgehead atoms. The van der Waals surface area contributed by atoms with Crippen molar-refractivity contribution in [1.29, 1.82) is 0 Å². The lowest BCUT2D eigenvalue weighted by Gasteiger charge is -2.28. The molecule has 2 saturated carbocycles. The second-order valence-corrected chi connectivity index (χ2v) is 6.22. The number of carboxylic acid groups (broad SMARTS) is 1. The normalized spacial score (nSPS) is 33.9. The number of nitrogens with one attached hydrogen (secondary N) is 1. The number of rotatable bonds is 5. The summed E-state index contributed by atoms with van der Waals surface area (Å²) in [7, 11) is 0. The van der Waals surface area contributed by atoms with Gasteiger partial charge in [-0.2, -0.15) is 0 Å². The van der Waals surface area contributed by atoms with Crippen LogP contribution >= 0.6 is 0 Å². The van der Waals surface area contributed by atoms with Crippen LogP contribution in [0.5, 0.6) is 0 Å². The van der Waals surface area contributed by atoms with Crippen molar-refractivity contribution < 1.29 is 19.4 Å². The Morgan fingerprint density at radius 1 is 1.20 bits per heavy atom. The molecule has 2 unspecified atom stereocenters. The summed E-state index contributed by atoms with van der Waals surface area (Å²) in [5.74, 6) is -0.646. The van der Waals surface area contributed by atoms with Gasteiger partial charge in [-0.05, 0) is 38.0 Å². The number of carbonyl (C=O) groups excluding carboxylic acids is 1. The van der Waals surface area contributed by atoms with Crippen molar-refractivity contribution in [2.24, 2.45) is 11.8 Å². The molecule has 5 nitrogen and oxygen atoms in total. The first kappa shape index (κ1) is 15.3. The molecule has 2 aliphatic carbocycles. The molecule has 1 amide bonds. The SMILES string of the molecule is CC1CCCCC1OCC(=O)N[C@@H]1CC[C@H](C(=O)O)C1. The van der Waals surface area contributed by atoms with E-state index >= 15 is 0 Å². The van der Waals surface area contributed by atoms with E-state index in [4.69, 9.17) is 9.84 Å². The van der Waals surface area contributed by atoms with Gasteiger partial charge < -0.3 is 15.2 Å². The average Bonchev–Trinajstić information content (AvgIpc) is 2.86. The summed E-state index contributed by atoms with van der Waals surface area (Å²) in [6, 6.07) is -0.00372. The Hall–Kier alpha value is -1.10. The van der Waals surface area contributed by atoms with Gasteiger partial charge in [-0.3, -0.25) is 9.59 Å². The van der Waals surface area contributed by atoms with Gasteiger partial charge in [0.1, 0.15) is 6.61 Å². The first-order valence-electron chi connectivity index (χ1n) is 7.70. The zero-order chi connectivity index (χ0) is 14.5. The Kier molecular flexibility index (Phi) is 5.40. The zero-order valence-corrected chi connectivity index (χ0v) is 12.1. The highest BCUT2D eigenvalue weighted by Crippen LogP contribution is 2.27. The highest BCUT2D eigenvalue weighted by molar-refractivity contribution is 5.78. The van der Waals surface area contributed by atoms with E-state index in [-0.39, 0.29) is 30.6 Å². The van der Waals surface area contributed by atoms with Gasteiger partial charge in [-0.1, -0.05) is 19.8 Å². The van der Waals surface area contributed by atoms with Crippen LogP contribution < -0.4 is 5.32 Å². The first-order valence-corrected chi connectivity index (χ1v) is 7.70. The molecular formula is C15H25NO4. The molecule has 0 radical (unpaired) electrons. The van der Waals surface area contributed by atoms with Crippen LogP contribution in [-0.2, 0) is 14.3 Å². The third-order valence-electron chi connectivity index (χ3n) is 4.61. The van der Waals surface area contributed by atoms with Crippen LogP contribution in [-0.4, -0.2) is 35.7 Å². The molecule has 0 spiro atoms. The van der Waals surface area contributed by atoms with Crippen molar-refractivity contribution in [3.63, 3.8) is 0 Å². The Morgan fingerprint density at radius 2 is 1.95 bits per heavy atom. The van der Waals surface area contributed by atoms with Gasteiger partial charge in [0.2, 0.25) is 5.91 Å². The fourth-order valence-electron chi connectivity index (χ4n) is 3.32. The minimum Gasteiger partial charge on any atom is -0.481 e. The topological polar surface area (TPSA) is 75.6 Å². The summed E-state index contributed by atoms with van der Waals surface area (Å²) < 4.78 is 5.71. The van der Waals surface area contributed by atoms with Gasteiger partial charge in [-0.15, -0.1) is 0 Å². The largest absolute Gasteiger partial charge is 0.481 e. The van der Waals surface area contributed by atoms with E-state index in [0.29, 0.717) is 18.8 Å². The van der Waals surface area contributed by atoms with E-state index in [9.17, 15) is 9.59 Å². The third-order valence-corrected chi connectivity index (χ3v) is 4.61. The molecule has 0 aromatic carbocycles. The minimum absolute atomic E-state index is 0.00372. The highest BCUT2D eigenvalue weighted by Gasteiger charge is 2.30. The molecule has 0 aromatic rings. The van der Waals surface area contributed by atoms with E-state index in [1.54, 1.807) is 0 Å². The second kappa shape index (κ2) is 7.07. The van der Waals surface area contributed by atoms with Crippen LogP contribution in [0.25, 0.3) is 0 Å². The number of carbonyl (C=O) groups is 2. The van der Waals surface area contributed by atoms with Gasteiger partial charge in [-0.25, -0.2) is 0 Å². The maximum absolute atomic E-state index is 11.8. The number of ether oxygens (including phenoxy) is 1. The van der Waals surface area contributed by atoms with Crippen molar-refractivity contribution in [2.45, 2.75) is 64.0 Å².